The first-order valence-corrected chi connectivity index (χ1v) is 8.28. The molecular weight excluding hydrogens is 307 g/mol. The van der Waals surface area contributed by atoms with Gasteiger partial charge in [0.2, 0.25) is 11.9 Å². The molecule has 24 heavy (non-hydrogen) atoms. The number of nitrogens with zero attached hydrogens (tertiary/aromatic N) is 4. The van der Waals surface area contributed by atoms with Crippen LogP contribution in [0.4, 0.5) is 10.3 Å². The van der Waals surface area contributed by atoms with Crippen LogP contribution in [0.3, 0.4) is 0 Å². The fraction of sp³-hybridized carbons (Fsp3) is 0.389. The van der Waals surface area contributed by atoms with E-state index >= 15 is 0 Å². The van der Waals surface area contributed by atoms with E-state index in [1.165, 1.54) is 12.1 Å². The van der Waals surface area contributed by atoms with E-state index in [1.807, 2.05) is 4.90 Å². The van der Waals surface area contributed by atoms with Gasteiger partial charge in [-0.25, -0.2) is 14.4 Å². The van der Waals surface area contributed by atoms with Crippen LogP contribution in [0.25, 0.3) is 0 Å². The molecule has 2 aromatic rings. The maximum absolute atomic E-state index is 13.0. The van der Waals surface area contributed by atoms with E-state index in [9.17, 15) is 9.18 Å². The van der Waals surface area contributed by atoms with Gasteiger partial charge in [0.25, 0.3) is 0 Å². The third kappa shape index (κ3) is 2.96. The Kier molecular flexibility index (Phi) is 3.88. The van der Waals surface area contributed by atoms with Crippen LogP contribution in [0.15, 0.2) is 42.7 Å². The maximum atomic E-state index is 13.0. The molecule has 1 saturated carbocycles. The highest BCUT2D eigenvalue weighted by atomic mass is 19.1. The molecule has 1 aromatic carbocycles. The largest absolute Gasteiger partial charge is 0.339 e. The number of carbonyl (C=O) groups excluding carboxylic acids is 1. The summed E-state index contributed by atoms with van der Waals surface area (Å²) in [6.07, 6.45) is 4.33. The Morgan fingerprint density at radius 1 is 1.04 bits per heavy atom. The van der Waals surface area contributed by atoms with E-state index in [0.29, 0.717) is 13.1 Å². The lowest BCUT2D eigenvalue weighted by Gasteiger charge is -2.34. The van der Waals surface area contributed by atoms with Crippen LogP contribution in [0.5, 0.6) is 0 Å². The molecule has 124 valence electrons. The minimum absolute atomic E-state index is 0.0509. The first kappa shape index (κ1) is 15.1. The van der Waals surface area contributed by atoms with Crippen molar-refractivity contribution >= 4 is 11.9 Å². The molecule has 1 unspecified atom stereocenters. The average Bonchev–Trinajstić information content (AvgIpc) is 3.43. The molecule has 0 bridgehead atoms. The fourth-order valence-electron chi connectivity index (χ4n) is 3.36. The number of benzene rings is 1. The molecule has 1 amide bonds. The van der Waals surface area contributed by atoms with Gasteiger partial charge in [-0.2, -0.15) is 0 Å². The van der Waals surface area contributed by atoms with Gasteiger partial charge in [0.05, 0.1) is 0 Å². The predicted molar refractivity (Wildman–Crippen MR) is 88.1 cm³/mol. The predicted octanol–water partition coefficient (Wildman–Crippen LogP) is 2.07. The second-order valence-electron chi connectivity index (χ2n) is 6.36. The second kappa shape index (κ2) is 6.19. The van der Waals surface area contributed by atoms with Crippen molar-refractivity contribution in [3.63, 3.8) is 0 Å². The van der Waals surface area contributed by atoms with Crippen molar-refractivity contribution in [3.05, 3.63) is 54.1 Å². The van der Waals surface area contributed by atoms with Gasteiger partial charge in [-0.05, 0) is 36.1 Å². The van der Waals surface area contributed by atoms with Gasteiger partial charge in [-0.3, -0.25) is 4.79 Å². The highest BCUT2D eigenvalue weighted by Gasteiger charge is 2.46. The zero-order chi connectivity index (χ0) is 16.5. The highest BCUT2D eigenvalue weighted by molar-refractivity contribution is 5.83. The van der Waals surface area contributed by atoms with Gasteiger partial charge in [-0.15, -0.1) is 0 Å². The lowest BCUT2D eigenvalue weighted by Crippen LogP contribution is -2.49. The van der Waals surface area contributed by atoms with Crippen LogP contribution in [-0.2, 0) is 4.79 Å². The number of hydrogen-bond acceptors (Lipinski definition) is 4. The van der Waals surface area contributed by atoms with E-state index in [2.05, 4.69) is 14.9 Å². The molecule has 0 N–H and O–H groups in total. The van der Waals surface area contributed by atoms with Gasteiger partial charge < -0.3 is 9.80 Å². The van der Waals surface area contributed by atoms with Crippen molar-refractivity contribution in [2.45, 2.75) is 12.3 Å². The molecule has 1 saturated heterocycles. The summed E-state index contributed by atoms with van der Waals surface area (Å²) in [6, 6.07) is 8.31. The summed E-state index contributed by atoms with van der Waals surface area (Å²) in [5.41, 5.74) is 1.06. The number of carbonyl (C=O) groups is 1. The number of piperazine rings is 1. The van der Waals surface area contributed by atoms with Gasteiger partial charge in [-0.1, -0.05) is 12.1 Å². The van der Waals surface area contributed by atoms with Gasteiger partial charge in [0.1, 0.15) is 5.82 Å². The molecular formula is C18H19FN4O. The quantitative estimate of drug-likeness (QED) is 0.866. The van der Waals surface area contributed by atoms with E-state index in [-0.39, 0.29) is 23.6 Å². The van der Waals surface area contributed by atoms with Gasteiger partial charge >= 0.3 is 0 Å². The van der Waals surface area contributed by atoms with Crippen LogP contribution < -0.4 is 4.90 Å². The van der Waals surface area contributed by atoms with Crippen molar-refractivity contribution in [2.24, 2.45) is 5.92 Å². The highest BCUT2D eigenvalue weighted by Crippen LogP contribution is 2.48. The Bertz CT molecular complexity index is 714. The lowest BCUT2D eigenvalue weighted by molar-refractivity contribution is -0.133. The smallest absolute Gasteiger partial charge is 0.226 e. The summed E-state index contributed by atoms with van der Waals surface area (Å²) in [6.45, 7) is 2.90. The molecule has 2 fully saturated rings. The van der Waals surface area contributed by atoms with Crippen molar-refractivity contribution in [2.75, 3.05) is 31.1 Å². The molecule has 4 rings (SSSR count). The Balaban J connectivity index is 1.33. The maximum Gasteiger partial charge on any atom is 0.226 e. The topological polar surface area (TPSA) is 49.3 Å². The molecule has 1 aliphatic carbocycles. The Morgan fingerprint density at radius 2 is 1.71 bits per heavy atom. The third-order valence-corrected chi connectivity index (χ3v) is 4.83. The number of rotatable bonds is 3. The number of aromatic nitrogens is 2. The first-order chi connectivity index (χ1) is 11.7. The van der Waals surface area contributed by atoms with E-state index in [4.69, 9.17) is 0 Å². The summed E-state index contributed by atoms with van der Waals surface area (Å²) in [7, 11) is 0. The van der Waals surface area contributed by atoms with E-state index in [0.717, 1.165) is 31.0 Å². The number of hydrogen-bond donors (Lipinski definition) is 0. The van der Waals surface area contributed by atoms with E-state index < -0.39 is 0 Å². The van der Waals surface area contributed by atoms with Crippen LogP contribution >= 0.6 is 0 Å². The molecule has 1 aliphatic heterocycles. The second-order valence-corrected chi connectivity index (χ2v) is 6.36. The van der Waals surface area contributed by atoms with Crippen molar-refractivity contribution in [3.8, 4) is 0 Å². The molecule has 0 radical (unpaired) electrons. The Morgan fingerprint density at radius 3 is 2.38 bits per heavy atom. The van der Waals surface area contributed by atoms with Crippen LogP contribution in [0.2, 0.25) is 0 Å². The summed E-state index contributed by atoms with van der Waals surface area (Å²) in [5, 5.41) is 0. The van der Waals surface area contributed by atoms with Crippen LogP contribution in [0, 0.1) is 11.7 Å². The summed E-state index contributed by atoms with van der Waals surface area (Å²) < 4.78 is 13.0. The average molecular weight is 326 g/mol. The number of halogens is 1. The fourth-order valence-corrected chi connectivity index (χ4v) is 3.36. The van der Waals surface area contributed by atoms with Crippen molar-refractivity contribution < 1.29 is 9.18 Å². The van der Waals surface area contributed by atoms with Crippen LogP contribution in [0.1, 0.15) is 17.9 Å². The number of anilines is 1. The summed E-state index contributed by atoms with van der Waals surface area (Å²) in [4.78, 5) is 25.2. The van der Waals surface area contributed by atoms with Crippen molar-refractivity contribution in [1.82, 2.24) is 14.9 Å². The Labute approximate surface area is 140 Å². The molecule has 6 heteroatoms. The molecule has 0 spiro atoms. The normalized spacial score (nSPS) is 23.2. The number of amides is 1. The van der Waals surface area contributed by atoms with Gasteiger partial charge in [0.15, 0.2) is 0 Å². The lowest BCUT2D eigenvalue weighted by atomic mass is 10.1. The monoisotopic (exact) mass is 326 g/mol. The Hall–Kier alpha value is -2.50. The molecule has 2 aliphatic rings. The molecule has 5 nitrogen and oxygen atoms in total. The third-order valence-electron chi connectivity index (χ3n) is 4.83. The summed E-state index contributed by atoms with van der Waals surface area (Å²) in [5.74, 6) is 1.00. The SMILES string of the molecule is O=C([C@H]1CC1c1ccc(F)cc1)N1CCN(c2ncccn2)CC1. The zero-order valence-corrected chi connectivity index (χ0v) is 13.3. The minimum atomic E-state index is -0.235. The minimum Gasteiger partial charge on any atom is -0.339 e. The van der Waals surface area contributed by atoms with Crippen LogP contribution in [-0.4, -0.2) is 47.0 Å². The molecule has 2 atom stereocenters. The summed E-state index contributed by atoms with van der Waals surface area (Å²) >= 11 is 0. The van der Waals surface area contributed by atoms with Gasteiger partial charge in [0, 0.05) is 44.5 Å². The van der Waals surface area contributed by atoms with E-state index in [1.54, 1.807) is 30.6 Å². The zero-order valence-electron chi connectivity index (χ0n) is 13.3. The standard InChI is InChI=1S/C18H19FN4O/c19-14-4-2-13(3-5-14)15-12-16(15)17(24)22-8-10-23(11-9-22)18-20-6-1-7-21-18/h1-7,15-16H,8-12H2/t15?,16-/m0/s1. The molecule has 1 aromatic heterocycles. The first-order valence-electron chi connectivity index (χ1n) is 8.28. The van der Waals surface area contributed by atoms with Crippen molar-refractivity contribution in [1.29, 1.82) is 0 Å². The molecule has 2 heterocycles.